The van der Waals surface area contributed by atoms with Crippen LogP contribution in [0.5, 0.6) is 0 Å². The summed E-state index contributed by atoms with van der Waals surface area (Å²) in [5.74, 6) is -1.15. The smallest absolute Gasteiger partial charge is 0.305 e. The minimum Gasteiger partial charge on any atom is -0.481 e. The number of hydrogen-bond donors (Lipinski definition) is 3. The van der Waals surface area contributed by atoms with E-state index >= 15 is 0 Å². The molecule has 1 aliphatic carbocycles. The van der Waals surface area contributed by atoms with E-state index in [9.17, 15) is 9.59 Å². The third-order valence-electron chi connectivity index (χ3n) is 3.31. The normalized spacial score (nSPS) is 16.7. The minimum absolute atomic E-state index is 0.0222. The van der Waals surface area contributed by atoms with Gasteiger partial charge in [-0.2, -0.15) is 0 Å². The van der Waals surface area contributed by atoms with Crippen LogP contribution in [0.15, 0.2) is 6.20 Å². The Hall–Kier alpha value is -1.96. The molecule has 1 aromatic rings. The van der Waals surface area contributed by atoms with Crippen LogP contribution in [0.1, 0.15) is 31.4 Å². The van der Waals surface area contributed by atoms with Gasteiger partial charge in [0.05, 0.1) is 23.9 Å². The summed E-state index contributed by atoms with van der Waals surface area (Å²) < 4.78 is 1.39. The Morgan fingerprint density at radius 3 is 2.74 bits per heavy atom. The van der Waals surface area contributed by atoms with Crippen molar-refractivity contribution in [2.24, 2.45) is 5.73 Å². The lowest BCUT2D eigenvalue weighted by Gasteiger charge is -2.41. The Morgan fingerprint density at radius 2 is 2.26 bits per heavy atom. The molecule has 19 heavy (non-hydrogen) atoms. The van der Waals surface area contributed by atoms with Gasteiger partial charge in [0.1, 0.15) is 6.54 Å². The predicted octanol–water partition coefficient (Wildman–Crippen LogP) is -0.750. The second-order valence-corrected chi connectivity index (χ2v) is 4.86. The molecule has 1 heterocycles. The Balaban J connectivity index is 1.91. The zero-order valence-electron chi connectivity index (χ0n) is 10.5. The van der Waals surface area contributed by atoms with E-state index in [1.165, 1.54) is 4.68 Å². The summed E-state index contributed by atoms with van der Waals surface area (Å²) in [6, 6.07) is 0. The summed E-state index contributed by atoms with van der Waals surface area (Å²) in [6.07, 6.45) is 3.91. The van der Waals surface area contributed by atoms with Crippen LogP contribution in [0.2, 0.25) is 0 Å². The number of carbonyl (C=O) groups is 2. The van der Waals surface area contributed by atoms with Gasteiger partial charge < -0.3 is 16.2 Å². The first kappa shape index (κ1) is 13.5. The molecule has 0 aliphatic heterocycles. The molecule has 0 spiro atoms. The Labute approximate surface area is 110 Å². The van der Waals surface area contributed by atoms with Crippen molar-refractivity contribution in [3.63, 3.8) is 0 Å². The van der Waals surface area contributed by atoms with Crippen molar-refractivity contribution in [3.8, 4) is 0 Å². The van der Waals surface area contributed by atoms with E-state index in [1.54, 1.807) is 6.20 Å². The van der Waals surface area contributed by atoms with Crippen molar-refractivity contribution in [2.75, 3.05) is 0 Å². The maximum atomic E-state index is 11.9. The summed E-state index contributed by atoms with van der Waals surface area (Å²) in [7, 11) is 0. The van der Waals surface area contributed by atoms with E-state index in [-0.39, 0.29) is 25.4 Å². The summed E-state index contributed by atoms with van der Waals surface area (Å²) >= 11 is 0. The average Bonchev–Trinajstić information content (AvgIpc) is 2.73. The van der Waals surface area contributed by atoms with Crippen LogP contribution in [0, 0.1) is 0 Å². The summed E-state index contributed by atoms with van der Waals surface area (Å²) in [6.45, 7) is 0.291. The zero-order valence-corrected chi connectivity index (χ0v) is 10.5. The van der Waals surface area contributed by atoms with Gasteiger partial charge in [-0.25, -0.2) is 4.68 Å². The predicted molar refractivity (Wildman–Crippen MR) is 64.9 cm³/mol. The van der Waals surface area contributed by atoms with Crippen molar-refractivity contribution in [1.82, 2.24) is 20.3 Å². The molecule has 0 saturated heterocycles. The van der Waals surface area contributed by atoms with Crippen LogP contribution in [0.25, 0.3) is 0 Å². The molecule has 8 nitrogen and oxygen atoms in total. The SMILES string of the molecule is NCc1cn(CC(=O)NC2(CC(=O)O)CCC2)nn1. The number of carbonyl (C=O) groups excluding carboxylic acids is 1. The van der Waals surface area contributed by atoms with E-state index < -0.39 is 11.5 Å². The molecule has 1 aliphatic rings. The lowest BCUT2D eigenvalue weighted by Crippen LogP contribution is -2.55. The van der Waals surface area contributed by atoms with Gasteiger partial charge in [-0.15, -0.1) is 5.10 Å². The van der Waals surface area contributed by atoms with E-state index in [0.717, 1.165) is 6.42 Å². The van der Waals surface area contributed by atoms with E-state index in [1.807, 2.05) is 0 Å². The molecule has 1 aromatic heterocycles. The number of nitrogens with zero attached hydrogens (tertiary/aromatic N) is 3. The lowest BCUT2D eigenvalue weighted by atomic mass is 9.74. The van der Waals surface area contributed by atoms with E-state index in [4.69, 9.17) is 10.8 Å². The Kier molecular flexibility index (Phi) is 3.79. The molecular weight excluding hydrogens is 250 g/mol. The van der Waals surface area contributed by atoms with Crippen molar-refractivity contribution in [1.29, 1.82) is 0 Å². The Morgan fingerprint density at radius 1 is 1.53 bits per heavy atom. The van der Waals surface area contributed by atoms with Crippen LogP contribution in [0.3, 0.4) is 0 Å². The fourth-order valence-electron chi connectivity index (χ4n) is 2.23. The number of carboxylic acids is 1. The first-order valence-electron chi connectivity index (χ1n) is 6.15. The topological polar surface area (TPSA) is 123 Å². The highest BCUT2D eigenvalue weighted by atomic mass is 16.4. The molecule has 0 bridgehead atoms. The van der Waals surface area contributed by atoms with Crippen molar-refractivity contribution in [2.45, 2.75) is 44.3 Å². The zero-order chi connectivity index (χ0) is 13.9. The van der Waals surface area contributed by atoms with Gasteiger partial charge in [0.15, 0.2) is 0 Å². The first-order valence-corrected chi connectivity index (χ1v) is 6.15. The maximum Gasteiger partial charge on any atom is 0.305 e. The third-order valence-corrected chi connectivity index (χ3v) is 3.31. The van der Waals surface area contributed by atoms with Gasteiger partial charge in [0.2, 0.25) is 5.91 Å². The number of hydrogen-bond acceptors (Lipinski definition) is 5. The van der Waals surface area contributed by atoms with Gasteiger partial charge in [0.25, 0.3) is 0 Å². The second kappa shape index (κ2) is 5.35. The summed E-state index contributed by atoms with van der Waals surface area (Å²) in [4.78, 5) is 22.7. The minimum atomic E-state index is -0.897. The van der Waals surface area contributed by atoms with Crippen molar-refractivity contribution >= 4 is 11.9 Å². The molecule has 104 valence electrons. The Bertz CT molecular complexity index is 480. The maximum absolute atomic E-state index is 11.9. The number of rotatable bonds is 6. The molecule has 8 heteroatoms. The largest absolute Gasteiger partial charge is 0.481 e. The molecular formula is C11H17N5O3. The van der Waals surface area contributed by atoms with Gasteiger partial charge >= 0.3 is 5.97 Å². The molecule has 0 radical (unpaired) electrons. The quantitative estimate of drug-likeness (QED) is 0.623. The summed E-state index contributed by atoms with van der Waals surface area (Å²) in [5, 5.41) is 19.2. The highest BCUT2D eigenvalue weighted by Crippen LogP contribution is 2.34. The molecule has 1 saturated carbocycles. The molecule has 0 atom stereocenters. The molecule has 1 amide bonds. The molecule has 1 fully saturated rings. The first-order chi connectivity index (χ1) is 9.03. The number of carboxylic acid groups (broad SMARTS) is 1. The lowest BCUT2D eigenvalue weighted by molar-refractivity contribution is -0.140. The van der Waals surface area contributed by atoms with Gasteiger partial charge in [-0.05, 0) is 19.3 Å². The fraction of sp³-hybridized carbons (Fsp3) is 0.636. The number of aromatic nitrogens is 3. The van der Waals surface area contributed by atoms with Gasteiger partial charge in [-0.3, -0.25) is 9.59 Å². The van der Waals surface area contributed by atoms with Crippen LogP contribution in [-0.4, -0.2) is 37.5 Å². The number of aliphatic carboxylic acids is 1. The van der Waals surface area contributed by atoms with Crippen molar-refractivity contribution < 1.29 is 14.7 Å². The van der Waals surface area contributed by atoms with E-state index in [0.29, 0.717) is 18.5 Å². The summed E-state index contributed by atoms with van der Waals surface area (Å²) in [5.41, 5.74) is 5.42. The molecule has 0 unspecified atom stereocenters. The average molecular weight is 267 g/mol. The van der Waals surface area contributed by atoms with E-state index in [2.05, 4.69) is 15.6 Å². The number of amides is 1. The third kappa shape index (κ3) is 3.28. The van der Waals surface area contributed by atoms with Gasteiger partial charge in [-0.1, -0.05) is 5.21 Å². The second-order valence-electron chi connectivity index (χ2n) is 4.86. The molecule has 2 rings (SSSR count). The van der Waals surface area contributed by atoms with Crippen molar-refractivity contribution in [3.05, 3.63) is 11.9 Å². The van der Waals surface area contributed by atoms with Crippen LogP contribution >= 0.6 is 0 Å². The highest BCUT2D eigenvalue weighted by Gasteiger charge is 2.40. The molecule has 0 aromatic carbocycles. The fourth-order valence-corrected chi connectivity index (χ4v) is 2.23. The van der Waals surface area contributed by atoms with Crippen LogP contribution in [0.4, 0.5) is 0 Å². The van der Waals surface area contributed by atoms with Crippen LogP contribution < -0.4 is 11.1 Å². The van der Waals surface area contributed by atoms with Crippen LogP contribution in [-0.2, 0) is 22.7 Å². The highest BCUT2D eigenvalue weighted by molar-refractivity contribution is 5.78. The molecule has 4 N–H and O–H groups in total. The number of nitrogens with one attached hydrogen (secondary N) is 1. The van der Waals surface area contributed by atoms with Gasteiger partial charge in [0, 0.05) is 6.54 Å². The standard InChI is InChI=1S/C11H17N5O3/c12-5-8-6-16(15-14-8)7-9(17)13-11(2-1-3-11)4-10(18)19/h6H,1-5,7,12H2,(H,13,17)(H,18,19). The monoisotopic (exact) mass is 267 g/mol. The number of nitrogens with two attached hydrogens (primary N) is 1.